The van der Waals surface area contributed by atoms with Crippen molar-refractivity contribution in [2.24, 2.45) is 0 Å². The van der Waals surface area contributed by atoms with E-state index in [0.717, 1.165) is 0 Å². The zero-order valence-corrected chi connectivity index (χ0v) is 12.0. The molecule has 0 aliphatic rings. The number of rotatable bonds is 1. The number of hydrogen-bond acceptors (Lipinski definition) is 2. The average Bonchev–Trinajstić information content (AvgIpc) is 1.86. The van der Waals surface area contributed by atoms with E-state index in [1.807, 2.05) is 22.6 Å². The Labute approximate surface area is 97.2 Å². The van der Waals surface area contributed by atoms with Gasteiger partial charge in [-0.3, -0.25) is 4.55 Å². The Morgan fingerprint density at radius 3 is 2.08 bits per heavy atom. The first kappa shape index (κ1) is 12.5. The molecule has 1 aromatic carbocycles. The Hall–Kier alpha value is 0.483. The van der Waals surface area contributed by atoms with Crippen molar-refractivity contribution in [3.05, 3.63) is 27.8 Å². The van der Waals surface area contributed by atoms with Crippen LogP contribution in [-0.4, -0.2) is 13.0 Å². The van der Waals surface area contributed by atoms with Crippen LogP contribution in [0.3, 0.4) is 0 Å². The fourth-order valence-corrected chi connectivity index (χ4v) is 2.44. The smallest absolute Gasteiger partial charge is 0.282 e. The third-order valence-electron chi connectivity index (χ3n) is 1.11. The second kappa shape index (κ2) is 4.64. The first-order valence-electron chi connectivity index (χ1n) is 2.74. The van der Waals surface area contributed by atoms with Crippen LogP contribution in [0.25, 0.3) is 0 Å². The molecule has 0 aliphatic heterocycles. The molecule has 0 radical (unpaired) electrons. The van der Waals surface area contributed by atoms with Crippen molar-refractivity contribution in [2.75, 3.05) is 0 Å². The molecule has 0 amide bonds. The van der Waals surface area contributed by atoms with Crippen molar-refractivity contribution in [1.82, 2.24) is 0 Å². The van der Waals surface area contributed by atoms with Gasteiger partial charge in [0.2, 0.25) is 0 Å². The van der Waals surface area contributed by atoms with Crippen LogP contribution < -0.4 is 0 Å². The van der Waals surface area contributed by atoms with E-state index in [1.54, 1.807) is 18.2 Å². The van der Waals surface area contributed by atoms with Gasteiger partial charge in [0, 0.05) is 23.0 Å². The van der Waals surface area contributed by atoms with E-state index < -0.39 is 10.1 Å². The molecule has 1 N–H and O–H groups in total. The van der Waals surface area contributed by atoms with E-state index in [-0.39, 0.29) is 24.4 Å². The summed E-state index contributed by atoms with van der Waals surface area (Å²) in [6.45, 7) is 0. The largest absolute Gasteiger partial charge is 0.295 e. The molecule has 0 spiro atoms. The maximum absolute atomic E-state index is 10.6. The molecule has 1 aromatic rings. The number of benzene rings is 1. The summed E-state index contributed by atoms with van der Waals surface area (Å²) in [5.41, 5.74) is 0. The van der Waals surface area contributed by atoms with Crippen LogP contribution in [0.15, 0.2) is 29.2 Å². The van der Waals surface area contributed by atoms with Crippen molar-refractivity contribution < 1.29 is 32.4 Å². The molecule has 0 aliphatic carbocycles. The fraction of sp³-hybridized carbons (Fsp3) is 0. The summed E-state index contributed by atoms with van der Waals surface area (Å²) in [5, 5.41) is 0. The van der Waals surface area contributed by atoms with E-state index in [1.165, 1.54) is 6.07 Å². The normalized spacial score (nSPS) is 10.5. The van der Waals surface area contributed by atoms with E-state index in [2.05, 4.69) is 0 Å². The van der Waals surface area contributed by atoms with Gasteiger partial charge in [0.15, 0.2) is 0 Å². The molecule has 0 bridgehead atoms. The molecular formula is C6H5IO3SZn. The first-order valence-corrected chi connectivity index (χ1v) is 5.26. The van der Waals surface area contributed by atoms with Gasteiger partial charge in [-0.2, -0.15) is 8.42 Å². The number of hydrogen-bond donors (Lipinski definition) is 1. The van der Waals surface area contributed by atoms with Crippen LogP contribution in [0.5, 0.6) is 0 Å². The van der Waals surface area contributed by atoms with Crippen LogP contribution in [0.2, 0.25) is 0 Å². The zero-order valence-electron chi connectivity index (χ0n) is 6.07. The molecule has 0 heterocycles. The quantitative estimate of drug-likeness (QED) is 0.475. The van der Waals surface area contributed by atoms with Gasteiger partial charge in [0.25, 0.3) is 10.1 Å². The summed E-state index contributed by atoms with van der Waals surface area (Å²) in [6.07, 6.45) is 0. The fourth-order valence-electron chi connectivity index (χ4n) is 0.654. The molecule has 0 aromatic heterocycles. The van der Waals surface area contributed by atoms with Crippen molar-refractivity contribution in [3.63, 3.8) is 0 Å². The molecule has 0 saturated heterocycles. The van der Waals surface area contributed by atoms with Crippen LogP contribution in [0.4, 0.5) is 0 Å². The van der Waals surface area contributed by atoms with Gasteiger partial charge in [-0.1, -0.05) is 12.1 Å². The third-order valence-corrected chi connectivity index (χ3v) is 3.33. The Balaban J connectivity index is 0.00000121. The molecule has 0 saturated carbocycles. The minimum atomic E-state index is -4.04. The predicted molar refractivity (Wildman–Crippen MR) is 49.0 cm³/mol. The van der Waals surface area contributed by atoms with E-state index in [4.69, 9.17) is 4.55 Å². The summed E-state index contributed by atoms with van der Waals surface area (Å²) in [4.78, 5) is -0.0411. The van der Waals surface area contributed by atoms with Crippen LogP contribution in [0, 0.1) is 3.57 Å². The maximum atomic E-state index is 10.6. The second-order valence-electron chi connectivity index (χ2n) is 1.91. The Kier molecular flexibility index (Phi) is 4.83. The van der Waals surface area contributed by atoms with Crippen molar-refractivity contribution in [1.29, 1.82) is 0 Å². The van der Waals surface area contributed by atoms with Crippen LogP contribution in [0.1, 0.15) is 0 Å². The van der Waals surface area contributed by atoms with Gasteiger partial charge in [0.1, 0.15) is 4.90 Å². The summed E-state index contributed by atoms with van der Waals surface area (Å²) in [7, 11) is -4.04. The van der Waals surface area contributed by atoms with Crippen molar-refractivity contribution in [3.8, 4) is 0 Å². The SMILES string of the molecule is O=S(=O)(O)c1ccccc1I.[Zn]. The summed E-state index contributed by atoms with van der Waals surface area (Å²) in [5.74, 6) is 0. The minimum Gasteiger partial charge on any atom is -0.282 e. The van der Waals surface area contributed by atoms with Crippen molar-refractivity contribution in [2.45, 2.75) is 4.90 Å². The second-order valence-corrected chi connectivity index (χ2v) is 4.46. The zero-order chi connectivity index (χ0) is 8.48. The summed E-state index contributed by atoms with van der Waals surface area (Å²) >= 11 is 1.85. The summed E-state index contributed by atoms with van der Waals surface area (Å²) < 4.78 is 30.4. The van der Waals surface area contributed by atoms with Gasteiger partial charge in [-0.25, -0.2) is 0 Å². The van der Waals surface area contributed by atoms with E-state index in [9.17, 15) is 8.42 Å². The predicted octanol–water partition coefficient (Wildman–Crippen LogP) is 1.54. The summed E-state index contributed by atoms with van der Waals surface area (Å²) in [6, 6.07) is 6.24. The van der Waals surface area contributed by atoms with Gasteiger partial charge < -0.3 is 0 Å². The van der Waals surface area contributed by atoms with Crippen molar-refractivity contribution >= 4 is 32.7 Å². The van der Waals surface area contributed by atoms with Gasteiger partial charge >= 0.3 is 0 Å². The van der Waals surface area contributed by atoms with Gasteiger partial charge in [-0.05, 0) is 34.7 Å². The number of halogens is 1. The molecule has 62 valence electrons. The van der Waals surface area contributed by atoms with Crippen LogP contribution >= 0.6 is 22.6 Å². The standard InChI is InChI=1S/C6H5IO3S.Zn/c7-5-3-1-2-4-6(5)11(8,9)10;/h1-4H,(H,8,9,10);. The van der Waals surface area contributed by atoms with E-state index in [0.29, 0.717) is 3.57 Å². The topological polar surface area (TPSA) is 54.4 Å². The van der Waals surface area contributed by atoms with Crippen LogP contribution in [-0.2, 0) is 29.6 Å². The molecule has 3 nitrogen and oxygen atoms in total. The van der Waals surface area contributed by atoms with Gasteiger partial charge in [0.05, 0.1) is 0 Å². The molecule has 0 atom stereocenters. The Morgan fingerprint density at radius 1 is 1.25 bits per heavy atom. The molecule has 0 fully saturated rings. The molecule has 0 unspecified atom stereocenters. The third kappa shape index (κ3) is 3.08. The first-order chi connectivity index (χ1) is 5.02. The molecule has 1 rings (SSSR count). The monoisotopic (exact) mass is 348 g/mol. The van der Waals surface area contributed by atoms with E-state index >= 15 is 0 Å². The molecule has 6 heteroatoms. The Morgan fingerprint density at radius 2 is 1.75 bits per heavy atom. The Bertz CT molecular complexity index is 363. The van der Waals surface area contributed by atoms with Gasteiger partial charge in [-0.15, -0.1) is 0 Å². The molecular weight excluding hydrogens is 344 g/mol. The molecule has 12 heavy (non-hydrogen) atoms. The average molecular weight is 349 g/mol. The maximum Gasteiger partial charge on any atom is 0.295 e. The minimum absolute atomic E-state index is 0.